The minimum Gasteiger partial charge on any atom is -0.468 e. The second kappa shape index (κ2) is 6.93. The molecule has 21 heavy (non-hydrogen) atoms. The topological polar surface area (TPSA) is 52.3 Å². The Morgan fingerprint density at radius 3 is 2.38 bits per heavy atom. The van der Waals surface area contributed by atoms with E-state index in [9.17, 15) is 18.0 Å². The fraction of sp³-hybridized carbons (Fsp3) is 0.533. The Morgan fingerprint density at radius 1 is 1.29 bits per heavy atom. The number of methoxy groups -OCH3 is 1. The second-order valence-corrected chi connectivity index (χ2v) is 5.22. The maximum absolute atomic E-state index is 13.0. The molecule has 0 aliphatic carbocycles. The number of rotatable bonds is 5. The minimum atomic E-state index is -4.39. The highest BCUT2D eigenvalue weighted by Gasteiger charge is 2.35. The van der Waals surface area contributed by atoms with Crippen molar-refractivity contribution in [1.82, 2.24) is 0 Å². The molecule has 3 nitrogen and oxygen atoms in total. The van der Waals surface area contributed by atoms with Gasteiger partial charge in [-0.25, -0.2) is 0 Å². The zero-order valence-corrected chi connectivity index (χ0v) is 12.3. The third-order valence-corrected chi connectivity index (χ3v) is 3.74. The summed E-state index contributed by atoms with van der Waals surface area (Å²) < 4.78 is 43.6. The van der Waals surface area contributed by atoms with E-state index in [-0.39, 0.29) is 23.8 Å². The molecule has 0 fully saturated rings. The lowest BCUT2D eigenvalue weighted by molar-refractivity contribution is -0.143. The molecule has 2 N–H and O–H groups in total. The number of halogens is 3. The molecule has 0 amide bonds. The molecule has 1 rings (SSSR count). The number of carbonyl (C=O) groups excluding carboxylic acids is 1. The number of hydrogen-bond acceptors (Lipinski definition) is 3. The first-order valence-electron chi connectivity index (χ1n) is 6.68. The summed E-state index contributed by atoms with van der Waals surface area (Å²) >= 11 is 0. The van der Waals surface area contributed by atoms with Crippen molar-refractivity contribution in [1.29, 1.82) is 0 Å². The van der Waals surface area contributed by atoms with E-state index in [1.165, 1.54) is 19.2 Å². The maximum Gasteiger partial charge on any atom is 0.416 e. The molecule has 3 unspecified atom stereocenters. The van der Waals surface area contributed by atoms with Crippen molar-refractivity contribution in [2.24, 2.45) is 11.7 Å². The van der Waals surface area contributed by atoms with Crippen LogP contribution in [0.3, 0.4) is 0 Å². The molecule has 0 heterocycles. The van der Waals surface area contributed by atoms with E-state index in [1.807, 2.05) is 0 Å². The average molecular weight is 303 g/mol. The number of carbonyl (C=O) groups is 1. The Kier molecular flexibility index (Phi) is 5.78. The van der Waals surface area contributed by atoms with E-state index >= 15 is 0 Å². The Hall–Kier alpha value is -1.56. The number of esters is 1. The van der Waals surface area contributed by atoms with E-state index in [4.69, 9.17) is 5.73 Å². The van der Waals surface area contributed by atoms with Crippen molar-refractivity contribution in [3.05, 3.63) is 35.4 Å². The van der Waals surface area contributed by atoms with E-state index in [0.717, 1.165) is 6.07 Å². The fourth-order valence-corrected chi connectivity index (χ4v) is 2.31. The van der Waals surface area contributed by atoms with Gasteiger partial charge in [0.05, 0.1) is 12.7 Å². The summed E-state index contributed by atoms with van der Waals surface area (Å²) in [5.74, 6) is -1.13. The average Bonchev–Trinajstić information content (AvgIpc) is 2.44. The van der Waals surface area contributed by atoms with Crippen LogP contribution in [0.1, 0.15) is 37.3 Å². The predicted octanol–water partition coefficient (Wildman–Crippen LogP) is 3.34. The molecular weight excluding hydrogens is 283 g/mol. The Balaban J connectivity index is 2.93. The lowest BCUT2D eigenvalue weighted by Gasteiger charge is -2.25. The summed E-state index contributed by atoms with van der Waals surface area (Å²) in [4.78, 5) is 11.3. The Bertz CT molecular complexity index is 488. The van der Waals surface area contributed by atoms with Crippen LogP contribution in [0.2, 0.25) is 0 Å². The molecule has 1 aromatic carbocycles. The van der Waals surface area contributed by atoms with Gasteiger partial charge in [0.1, 0.15) is 6.04 Å². The van der Waals surface area contributed by atoms with Crippen LogP contribution in [-0.2, 0) is 15.7 Å². The first kappa shape index (κ1) is 17.5. The minimum absolute atomic E-state index is 0.192. The van der Waals surface area contributed by atoms with Crippen LogP contribution in [0.25, 0.3) is 0 Å². The first-order valence-corrected chi connectivity index (χ1v) is 6.68. The summed E-state index contributed by atoms with van der Waals surface area (Å²) in [5, 5.41) is 0. The van der Waals surface area contributed by atoms with E-state index in [1.54, 1.807) is 19.9 Å². The number of ether oxygens (including phenoxy) is 1. The maximum atomic E-state index is 13.0. The van der Waals surface area contributed by atoms with Crippen molar-refractivity contribution in [3.8, 4) is 0 Å². The summed E-state index contributed by atoms with van der Waals surface area (Å²) in [5.41, 5.74) is 5.25. The fourth-order valence-electron chi connectivity index (χ4n) is 2.31. The normalized spacial score (nSPS) is 16.1. The number of benzene rings is 1. The largest absolute Gasteiger partial charge is 0.468 e. The van der Waals surface area contributed by atoms with Gasteiger partial charge in [0.2, 0.25) is 0 Å². The van der Waals surface area contributed by atoms with Gasteiger partial charge in [-0.05, 0) is 29.9 Å². The van der Waals surface area contributed by atoms with Crippen molar-refractivity contribution in [2.75, 3.05) is 7.11 Å². The number of nitrogens with two attached hydrogens (primary N) is 1. The van der Waals surface area contributed by atoms with Gasteiger partial charge in [-0.15, -0.1) is 0 Å². The van der Waals surface area contributed by atoms with Crippen molar-refractivity contribution in [2.45, 2.75) is 38.4 Å². The van der Waals surface area contributed by atoms with Crippen LogP contribution in [0.5, 0.6) is 0 Å². The predicted molar refractivity (Wildman–Crippen MR) is 73.6 cm³/mol. The summed E-state index contributed by atoms with van der Waals surface area (Å²) in [6.45, 7) is 3.49. The lowest BCUT2D eigenvalue weighted by Crippen LogP contribution is -2.34. The highest BCUT2D eigenvalue weighted by atomic mass is 19.4. The zero-order valence-electron chi connectivity index (χ0n) is 12.3. The van der Waals surface area contributed by atoms with Gasteiger partial charge < -0.3 is 10.5 Å². The molecule has 0 spiro atoms. The highest BCUT2D eigenvalue weighted by Crippen LogP contribution is 2.38. The molecule has 0 saturated carbocycles. The van der Waals surface area contributed by atoms with Crippen molar-refractivity contribution < 1.29 is 22.7 Å². The van der Waals surface area contributed by atoms with Gasteiger partial charge >= 0.3 is 12.1 Å². The molecule has 0 radical (unpaired) electrons. The van der Waals surface area contributed by atoms with E-state index < -0.39 is 23.8 Å². The molecule has 0 aromatic heterocycles. The van der Waals surface area contributed by atoms with Gasteiger partial charge in [-0.2, -0.15) is 13.2 Å². The molecule has 0 aliphatic rings. The quantitative estimate of drug-likeness (QED) is 0.849. The van der Waals surface area contributed by atoms with Gasteiger partial charge in [-0.1, -0.05) is 32.0 Å². The van der Waals surface area contributed by atoms with Crippen molar-refractivity contribution in [3.63, 3.8) is 0 Å². The second-order valence-electron chi connectivity index (χ2n) is 5.22. The molecule has 3 atom stereocenters. The van der Waals surface area contributed by atoms with Crippen LogP contribution in [-0.4, -0.2) is 19.1 Å². The van der Waals surface area contributed by atoms with E-state index in [2.05, 4.69) is 4.74 Å². The summed E-state index contributed by atoms with van der Waals surface area (Å²) in [7, 11) is 1.23. The third-order valence-electron chi connectivity index (χ3n) is 3.74. The SMILES string of the molecule is COC(=O)C(N)CC(C)C(C)c1ccccc1C(F)(F)F. The standard InChI is InChI=1S/C15H20F3NO2/c1-9(8-13(19)14(20)21-3)10(2)11-6-4-5-7-12(11)15(16,17)18/h4-7,9-10,13H,8,19H2,1-3H3. The monoisotopic (exact) mass is 303 g/mol. The summed E-state index contributed by atoms with van der Waals surface area (Å²) in [6, 6.07) is 4.65. The third kappa shape index (κ3) is 4.46. The van der Waals surface area contributed by atoms with Crippen molar-refractivity contribution >= 4 is 5.97 Å². The Morgan fingerprint density at radius 2 is 1.86 bits per heavy atom. The van der Waals surface area contributed by atoms with Crippen LogP contribution in [0, 0.1) is 5.92 Å². The molecule has 118 valence electrons. The number of hydrogen-bond donors (Lipinski definition) is 1. The first-order chi connectivity index (χ1) is 9.68. The molecule has 0 saturated heterocycles. The summed E-state index contributed by atoms with van der Waals surface area (Å²) in [6.07, 6.45) is -4.13. The van der Waals surface area contributed by atoms with Gasteiger partial charge in [0.25, 0.3) is 0 Å². The van der Waals surface area contributed by atoms with Gasteiger partial charge in [0, 0.05) is 0 Å². The molecular formula is C15H20F3NO2. The van der Waals surface area contributed by atoms with Crippen LogP contribution in [0.15, 0.2) is 24.3 Å². The van der Waals surface area contributed by atoms with Gasteiger partial charge in [0.15, 0.2) is 0 Å². The van der Waals surface area contributed by atoms with Crippen LogP contribution < -0.4 is 5.73 Å². The molecule has 6 heteroatoms. The van der Waals surface area contributed by atoms with E-state index in [0.29, 0.717) is 0 Å². The Labute approximate surface area is 122 Å². The highest BCUT2D eigenvalue weighted by molar-refractivity contribution is 5.75. The van der Waals surface area contributed by atoms with Crippen LogP contribution in [0.4, 0.5) is 13.2 Å². The molecule has 1 aromatic rings. The van der Waals surface area contributed by atoms with Gasteiger partial charge in [-0.3, -0.25) is 4.79 Å². The lowest BCUT2D eigenvalue weighted by atomic mass is 9.82. The molecule has 0 bridgehead atoms. The zero-order chi connectivity index (χ0) is 16.2. The smallest absolute Gasteiger partial charge is 0.416 e. The van der Waals surface area contributed by atoms with Crippen LogP contribution >= 0.6 is 0 Å². The molecule has 0 aliphatic heterocycles. The number of alkyl halides is 3.